The van der Waals surface area contributed by atoms with Crippen LogP contribution in [0.5, 0.6) is 0 Å². The Morgan fingerprint density at radius 1 is 1.64 bits per heavy atom. The van der Waals surface area contributed by atoms with Gasteiger partial charge in [0.2, 0.25) is 0 Å². The fourth-order valence-corrected chi connectivity index (χ4v) is 0.815. The van der Waals surface area contributed by atoms with Crippen molar-refractivity contribution in [3.05, 3.63) is 23.5 Å². The van der Waals surface area contributed by atoms with Crippen molar-refractivity contribution in [2.75, 3.05) is 17.6 Å². The molecule has 0 radical (unpaired) electrons. The van der Waals surface area contributed by atoms with Crippen LogP contribution in [-0.2, 0) is 0 Å². The molecule has 4 heteroatoms. The SMILES string of the molecule is CCNc1ccc(N)c[n+]1[O-]. The molecule has 0 aliphatic rings. The first-order valence-corrected chi connectivity index (χ1v) is 3.46. The summed E-state index contributed by atoms with van der Waals surface area (Å²) in [5.41, 5.74) is 5.85. The average Bonchev–Trinajstić information content (AvgIpc) is 1.95. The van der Waals surface area contributed by atoms with Gasteiger partial charge in [-0.05, 0) is 13.0 Å². The van der Waals surface area contributed by atoms with Crippen LogP contribution in [0.25, 0.3) is 0 Å². The van der Waals surface area contributed by atoms with Crippen LogP contribution in [-0.4, -0.2) is 6.54 Å². The first-order valence-electron chi connectivity index (χ1n) is 3.46. The highest BCUT2D eigenvalue weighted by Crippen LogP contribution is 2.02. The molecule has 3 N–H and O–H groups in total. The van der Waals surface area contributed by atoms with Gasteiger partial charge in [0.1, 0.15) is 6.20 Å². The van der Waals surface area contributed by atoms with Crippen molar-refractivity contribution in [2.45, 2.75) is 6.92 Å². The van der Waals surface area contributed by atoms with E-state index in [4.69, 9.17) is 5.73 Å². The van der Waals surface area contributed by atoms with Crippen molar-refractivity contribution < 1.29 is 4.73 Å². The van der Waals surface area contributed by atoms with Crippen LogP contribution in [0.3, 0.4) is 0 Å². The molecule has 1 rings (SSSR count). The number of nitrogen functional groups attached to an aromatic ring is 1. The molecule has 0 saturated heterocycles. The van der Waals surface area contributed by atoms with Crippen molar-refractivity contribution >= 4 is 11.5 Å². The maximum Gasteiger partial charge on any atom is 0.277 e. The maximum atomic E-state index is 11.0. The van der Waals surface area contributed by atoms with E-state index in [0.717, 1.165) is 11.3 Å². The quantitative estimate of drug-likeness (QED) is 0.475. The second-order valence-electron chi connectivity index (χ2n) is 2.20. The number of pyridine rings is 1. The fourth-order valence-electron chi connectivity index (χ4n) is 0.815. The summed E-state index contributed by atoms with van der Waals surface area (Å²) in [7, 11) is 0. The molecule has 0 aliphatic carbocycles. The Balaban J connectivity index is 2.90. The lowest BCUT2D eigenvalue weighted by molar-refractivity contribution is -0.589. The van der Waals surface area contributed by atoms with Gasteiger partial charge in [-0.2, -0.15) is 0 Å². The smallest absolute Gasteiger partial charge is 0.277 e. The largest absolute Gasteiger partial charge is 0.711 e. The van der Waals surface area contributed by atoms with Crippen molar-refractivity contribution in [2.24, 2.45) is 0 Å². The van der Waals surface area contributed by atoms with E-state index in [1.54, 1.807) is 12.1 Å². The van der Waals surface area contributed by atoms with E-state index in [9.17, 15) is 5.21 Å². The second-order valence-corrected chi connectivity index (χ2v) is 2.20. The van der Waals surface area contributed by atoms with E-state index < -0.39 is 0 Å². The second kappa shape index (κ2) is 3.09. The van der Waals surface area contributed by atoms with E-state index in [-0.39, 0.29) is 0 Å². The highest BCUT2D eigenvalue weighted by atomic mass is 16.5. The van der Waals surface area contributed by atoms with Gasteiger partial charge >= 0.3 is 0 Å². The number of aromatic nitrogens is 1. The number of hydrogen-bond acceptors (Lipinski definition) is 3. The summed E-state index contributed by atoms with van der Waals surface area (Å²) in [4.78, 5) is 0. The summed E-state index contributed by atoms with van der Waals surface area (Å²) in [6.45, 7) is 2.66. The molecule has 0 atom stereocenters. The Morgan fingerprint density at radius 3 is 2.91 bits per heavy atom. The number of nitrogens with zero attached hydrogens (tertiary/aromatic N) is 1. The van der Waals surface area contributed by atoms with Crippen molar-refractivity contribution in [1.82, 2.24) is 0 Å². The number of anilines is 2. The van der Waals surface area contributed by atoms with Crippen LogP contribution in [0.15, 0.2) is 18.3 Å². The lowest BCUT2D eigenvalue weighted by Crippen LogP contribution is -2.30. The molecule has 1 aromatic heterocycles. The predicted octanol–water partition coefficient (Wildman–Crippen LogP) is 0.334. The van der Waals surface area contributed by atoms with Crippen LogP contribution in [0.2, 0.25) is 0 Å². The number of nitrogens with two attached hydrogens (primary N) is 1. The van der Waals surface area contributed by atoms with E-state index in [1.807, 2.05) is 6.92 Å². The molecule has 0 aliphatic heterocycles. The molecule has 1 aromatic rings. The normalized spacial score (nSPS) is 9.55. The summed E-state index contributed by atoms with van der Waals surface area (Å²) >= 11 is 0. The molecule has 11 heavy (non-hydrogen) atoms. The zero-order valence-electron chi connectivity index (χ0n) is 6.37. The van der Waals surface area contributed by atoms with E-state index >= 15 is 0 Å². The number of hydrogen-bond donors (Lipinski definition) is 2. The minimum absolute atomic E-state index is 0.474. The van der Waals surface area contributed by atoms with E-state index in [1.165, 1.54) is 6.20 Å². The van der Waals surface area contributed by atoms with Gasteiger partial charge in [-0.15, -0.1) is 0 Å². The molecule has 0 amide bonds. The van der Waals surface area contributed by atoms with Gasteiger partial charge in [-0.3, -0.25) is 5.32 Å². The van der Waals surface area contributed by atoms with Gasteiger partial charge in [0.15, 0.2) is 0 Å². The Kier molecular flexibility index (Phi) is 2.15. The highest BCUT2D eigenvalue weighted by molar-refractivity contribution is 5.39. The molecule has 1 heterocycles. The molecule has 4 nitrogen and oxygen atoms in total. The lowest BCUT2D eigenvalue weighted by atomic mass is 10.4. The summed E-state index contributed by atoms with van der Waals surface area (Å²) in [5, 5.41) is 13.9. The molecular formula is C7H11N3O. The van der Waals surface area contributed by atoms with Gasteiger partial charge in [-0.1, -0.05) is 0 Å². The first kappa shape index (κ1) is 7.65. The Morgan fingerprint density at radius 2 is 2.36 bits per heavy atom. The number of nitrogens with one attached hydrogen (secondary N) is 1. The molecule has 0 unspecified atom stereocenters. The van der Waals surface area contributed by atoms with Crippen molar-refractivity contribution in [3.8, 4) is 0 Å². The average molecular weight is 153 g/mol. The van der Waals surface area contributed by atoms with Gasteiger partial charge < -0.3 is 10.9 Å². The highest BCUT2D eigenvalue weighted by Gasteiger charge is 1.99. The van der Waals surface area contributed by atoms with E-state index in [2.05, 4.69) is 5.32 Å². The molecule has 60 valence electrons. The van der Waals surface area contributed by atoms with E-state index in [0.29, 0.717) is 11.5 Å². The third-order valence-corrected chi connectivity index (χ3v) is 1.30. The first-order chi connectivity index (χ1) is 5.24. The van der Waals surface area contributed by atoms with Crippen molar-refractivity contribution in [3.63, 3.8) is 0 Å². The molecule has 0 fully saturated rings. The molecule has 0 aromatic carbocycles. The van der Waals surface area contributed by atoms with Crippen LogP contribution in [0.4, 0.5) is 11.5 Å². The molecule has 0 bridgehead atoms. The number of rotatable bonds is 2. The van der Waals surface area contributed by atoms with Gasteiger partial charge in [0.05, 0.1) is 12.2 Å². The summed E-state index contributed by atoms with van der Waals surface area (Å²) in [6.07, 6.45) is 1.33. The van der Waals surface area contributed by atoms with Crippen molar-refractivity contribution in [1.29, 1.82) is 0 Å². The third kappa shape index (κ3) is 1.73. The van der Waals surface area contributed by atoms with Gasteiger partial charge in [-0.25, -0.2) is 4.73 Å². The van der Waals surface area contributed by atoms with Crippen LogP contribution < -0.4 is 15.8 Å². The zero-order chi connectivity index (χ0) is 8.27. The maximum absolute atomic E-state index is 11.0. The minimum atomic E-state index is 0.474. The summed E-state index contributed by atoms with van der Waals surface area (Å²) in [6, 6.07) is 3.35. The zero-order valence-corrected chi connectivity index (χ0v) is 6.37. The summed E-state index contributed by atoms with van der Waals surface area (Å²) in [5.74, 6) is 0.529. The molecule has 0 saturated carbocycles. The Labute approximate surface area is 65.2 Å². The van der Waals surface area contributed by atoms with Gasteiger partial charge in [0, 0.05) is 6.07 Å². The fraction of sp³-hybridized carbons (Fsp3) is 0.286. The standard InChI is InChI=1S/C7H11N3O/c1-2-9-7-4-3-6(8)5-10(7)11/h3-5,9H,2,8H2,1H3. The third-order valence-electron chi connectivity index (χ3n) is 1.30. The lowest BCUT2D eigenvalue weighted by Gasteiger charge is -2.07. The topological polar surface area (TPSA) is 65.0 Å². The molecular weight excluding hydrogens is 142 g/mol. The van der Waals surface area contributed by atoms with Gasteiger partial charge in [0.25, 0.3) is 5.82 Å². The van der Waals surface area contributed by atoms with Crippen LogP contribution in [0, 0.1) is 5.21 Å². The van der Waals surface area contributed by atoms with Crippen LogP contribution >= 0.6 is 0 Å². The summed E-state index contributed by atoms with van der Waals surface area (Å²) < 4.78 is 0.721. The van der Waals surface area contributed by atoms with Crippen LogP contribution in [0.1, 0.15) is 6.92 Å². The molecule has 0 spiro atoms. The predicted molar refractivity (Wildman–Crippen MR) is 44.0 cm³/mol. The minimum Gasteiger partial charge on any atom is -0.711 e. The Bertz CT molecular complexity index is 249. The monoisotopic (exact) mass is 153 g/mol. The Hall–Kier alpha value is -1.45.